The molecule has 24 heavy (non-hydrogen) atoms. The van der Waals surface area contributed by atoms with Gasteiger partial charge in [0.25, 0.3) is 11.8 Å². The minimum absolute atomic E-state index is 0.0507. The Kier molecular flexibility index (Phi) is 4.74. The normalized spacial score (nSPS) is 16.0. The largest absolute Gasteiger partial charge is 0.282 e. The summed E-state index contributed by atoms with van der Waals surface area (Å²) in [7, 11) is 0. The number of carbonyl (C=O) groups is 2. The maximum atomic E-state index is 12.5. The van der Waals surface area contributed by atoms with Gasteiger partial charge in [0.1, 0.15) is 5.57 Å². The van der Waals surface area contributed by atoms with Gasteiger partial charge in [-0.1, -0.05) is 52.5 Å². The van der Waals surface area contributed by atoms with Crippen molar-refractivity contribution in [1.29, 1.82) is 0 Å². The Balaban J connectivity index is 1.97. The predicted molar refractivity (Wildman–Crippen MR) is 96.5 cm³/mol. The van der Waals surface area contributed by atoms with E-state index < -0.39 is 11.8 Å². The van der Waals surface area contributed by atoms with E-state index >= 15 is 0 Å². The van der Waals surface area contributed by atoms with E-state index in [2.05, 4.69) is 5.43 Å². The van der Waals surface area contributed by atoms with Crippen molar-refractivity contribution in [3.8, 4) is 0 Å². The molecule has 1 saturated heterocycles. The average Bonchev–Trinajstić information content (AvgIpc) is 2.80. The number of hydrogen-bond donors (Lipinski definition) is 1. The van der Waals surface area contributed by atoms with Crippen molar-refractivity contribution >= 4 is 70.0 Å². The smallest absolute Gasteiger partial charge is 0.267 e. The first kappa shape index (κ1) is 17.1. The molecule has 4 nitrogen and oxygen atoms in total. The molecule has 0 radical (unpaired) electrons. The van der Waals surface area contributed by atoms with Crippen LogP contribution in [0, 0.1) is 0 Å². The number of hydrogen-bond acceptors (Lipinski definition) is 2. The summed E-state index contributed by atoms with van der Waals surface area (Å²) in [5, 5.41) is 2.52. The lowest BCUT2D eigenvalue weighted by Crippen LogP contribution is -2.35. The SMILES string of the molecule is O=C1NN(c2ccc(Cl)c(Cl)c2)C(=O)/C1=C\c1ccc(Cl)cc1Cl. The summed E-state index contributed by atoms with van der Waals surface area (Å²) in [6.45, 7) is 0. The van der Waals surface area contributed by atoms with E-state index in [1.165, 1.54) is 24.3 Å². The molecule has 8 heteroatoms. The highest BCUT2D eigenvalue weighted by Gasteiger charge is 2.34. The summed E-state index contributed by atoms with van der Waals surface area (Å²) in [4.78, 5) is 24.7. The highest BCUT2D eigenvalue weighted by molar-refractivity contribution is 6.42. The number of benzene rings is 2. The number of rotatable bonds is 2. The quantitative estimate of drug-likeness (QED) is 0.582. The molecular weight excluding hydrogens is 394 g/mol. The summed E-state index contributed by atoms with van der Waals surface area (Å²) in [5.74, 6) is -1.07. The van der Waals surface area contributed by atoms with Crippen LogP contribution in [-0.2, 0) is 9.59 Å². The first-order valence-electron chi connectivity index (χ1n) is 6.64. The van der Waals surface area contributed by atoms with Crippen molar-refractivity contribution in [3.05, 3.63) is 67.6 Å². The van der Waals surface area contributed by atoms with E-state index in [1.807, 2.05) is 0 Å². The van der Waals surface area contributed by atoms with Gasteiger partial charge in [-0.05, 0) is 42.0 Å². The fourth-order valence-electron chi connectivity index (χ4n) is 2.14. The second kappa shape index (κ2) is 6.65. The van der Waals surface area contributed by atoms with Crippen molar-refractivity contribution in [2.45, 2.75) is 0 Å². The second-order valence-electron chi connectivity index (χ2n) is 4.90. The lowest BCUT2D eigenvalue weighted by Gasteiger charge is -2.15. The molecule has 0 unspecified atom stereocenters. The standard InChI is InChI=1S/C16H8Cl4N2O2/c17-9-2-1-8(13(19)6-9)5-11-15(23)21-22(16(11)24)10-3-4-12(18)14(20)7-10/h1-7H,(H,21,23)/b11-5-. The minimum atomic E-state index is -0.544. The van der Waals surface area contributed by atoms with Crippen molar-refractivity contribution in [3.63, 3.8) is 0 Å². The predicted octanol–water partition coefficient (Wildman–Crippen LogP) is 4.76. The number of amides is 2. The first-order valence-corrected chi connectivity index (χ1v) is 8.15. The maximum absolute atomic E-state index is 12.5. The van der Waals surface area contributed by atoms with Gasteiger partial charge in [0.15, 0.2) is 0 Å². The van der Waals surface area contributed by atoms with Crippen LogP contribution in [0.5, 0.6) is 0 Å². The molecule has 1 heterocycles. The highest BCUT2D eigenvalue weighted by atomic mass is 35.5. The van der Waals surface area contributed by atoms with Crippen LogP contribution in [0.1, 0.15) is 5.56 Å². The fourth-order valence-corrected chi connectivity index (χ4v) is 2.89. The number of anilines is 1. The van der Waals surface area contributed by atoms with Crippen LogP contribution in [0.15, 0.2) is 42.0 Å². The molecule has 1 N–H and O–H groups in total. The summed E-state index contributed by atoms with van der Waals surface area (Å²) >= 11 is 23.7. The monoisotopic (exact) mass is 400 g/mol. The number of carbonyl (C=O) groups excluding carboxylic acids is 2. The van der Waals surface area contributed by atoms with E-state index in [4.69, 9.17) is 46.4 Å². The summed E-state index contributed by atoms with van der Waals surface area (Å²) in [5.41, 5.74) is 3.33. The molecule has 1 aliphatic rings. The van der Waals surface area contributed by atoms with Crippen LogP contribution in [0.25, 0.3) is 6.08 Å². The zero-order valence-corrected chi connectivity index (χ0v) is 14.8. The molecule has 0 aromatic heterocycles. The van der Waals surface area contributed by atoms with Crippen molar-refractivity contribution in [1.82, 2.24) is 5.43 Å². The van der Waals surface area contributed by atoms with Gasteiger partial charge in [-0.2, -0.15) is 0 Å². The molecule has 2 aromatic rings. The molecule has 0 atom stereocenters. The lowest BCUT2D eigenvalue weighted by molar-refractivity contribution is -0.117. The Morgan fingerprint density at radius 3 is 2.29 bits per heavy atom. The Labute approximate surface area is 157 Å². The maximum Gasteiger partial charge on any atom is 0.282 e. The molecule has 2 aromatic carbocycles. The molecule has 1 fully saturated rings. The fraction of sp³-hybridized carbons (Fsp3) is 0. The van der Waals surface area contributed by atoms with Gasteiger partial charge in [0.05, 0.1) is 15.7 Å². The van der Waals surface area contributed by atoms with Crippen LogP contribution in [0.4, 0.5) is 5.69 Å². The number of nitrogens with one attached hydrogen (secondary N) is 1. The van der Waals surface area contributed by atoms with Crippen molar-refractivity contribution < 1.29 is 9.59 Å². The Morgan fingerprint density at radius 2 is 1.62 bits per heavy atom. The molecule has 0 bridgehead atoms. The van der Waals surface area contributed by atoms with E-state index in [1.54, 1.807) is 18.2 Å². The third-order valence-corrected chi connectivity index (χ3v) is 4.62. The van der Waals surface area contributed by atoms with Crippen LogP contribution in [-0.4, -0.2) is 11.8 Å². The summed E-state index contributed by atoms with van der Waals surface area (Å²) in [6, 6.07) is 9.37. The molecule has 2 amide bonds. The van der Waals surface area contributed by atoms with Gasteiger partial charge in [0, 0.05) is 10.0 Å². The van der Waals surface area contributed by atoms with Crippen LogP contribution in [0.2, 0.25) is 20.1 Å². The van der Waals surface area contributed by atoms with Crippen molar-refractivity contribution in [2.75, 3.05) is 5.01 Å². The van der Waals surface area contributed by atoms with Crippen molar-refractivity contribution in [2.24, 2.45) is 0 Å². The molecule has 0 saturated carbocycles. The molecule has 3 rings (SSSR count). The van der Waals surface area contributed by atoms with Gasteiger partial charge in [-0.15, -0.1) is 0 Å². The minimum Gasteiger partial charge on any atom is -0.267 e. The van der Waals surface area contributed by atoms with Crippen LogP contribution >= 0.6 is 46.4 Å². The summed E-state index contributed by atoms with van der Waals surface area (Å²) in [6.07, 6.45) is 1.41. The van der Waals surface area contributed by atoms with E-state index in [9.17, 15) is 9.59 Å². The summed E-state index contributed by atoms with van der Waals surface area (Å²) < 4.78 is 0. The number of halogens is 4. The van der Waals surface area contributed by atoms with E-state index in [0.717, 1.165) is 5.01 Å². The van der Waals surface area contributed by atoms with Gasteiger partial charge < -0.3 is 0 Å². The molecule has 122 valence electrons. The average molecular weight is 402 g/mol. The molecule has 1 aliphatic heterocycles. The van der Waals surface area contributed by atoms with E-state index in [-0.39, 0.29) is 10.6 Å². The Bertz CT molecular complexity index is 896. The van der Waals surface area contributed by atoms with E-state index in [0.29, 0.717) is 26.3 Å². The molecule has 0 aliphatic carbocycles. The Morgan fingerprint density at radius 1 is 0.875 bits per heavy atom. The van der Waals surface area contributed by atoms with Gasteiger partial charge in [-0.25, -0.2) is 5.01 Å². The lowest BCUT2D eigenvalue weighted by atomic mass is 10.1. The second-order valence-corrected chi connectivity index (χ2v) is 6.56. The third-order valence-electron chi connectivity index (χ3n) is 3.32. The third kappa shape index (κ3) is 3.23. The van der Waals surface area contributed by atoms with Gasteiger partial charge >= 0.3 is 0 Å². The topological polar surface area (TPSA) is 49.4 Å². The molecular formula is C16H8Cl4N2O2. The zero-order chi connectivity index (χ0) is 17.4. The number of nitrogens with zero attached hydrogens (tertiary/aromatic N) is 1. The van der Waals surface area contributed by atoms with Crippen LogP contribution < -0.4 is 10.4 Å². The zero-order valence-electron chi connectivity index (χ0n) is 11.8. The molecule has 0 spiro atoms. The van der Waals surface area contributed by atoms with Gasteiger partial charge in [0.2, 0.25) is 0 Å². The first-order chi connectivity index (χ1) is 11.4. The number of hydrazine groups is 1. The van der Waals surface area contributed by atoms with Gasteiger partial charge in [-0.3, -0.25) is 15.0 Å². The highest BCUT2D eigenvalue weighted by Crippen LogP contribution is 2.30. The Hall–Kier alpha value is -1.72. The van der Waals surface area contributed by atoms with Crippen LogP contribution in [0.3, 0.4) is 0 Å².